The molecule has 2 aliphatic rings. The number of ether oxygens (including phenoxy) is 1. The van der Waals surface area contributed by atoms with Gasteiger partial charge in [-0.1, -0.05) is 11.9 Å². The van der Waals surface area contributed by atoms with Crippen LogP contribution in [0, 0.1) is 6.35 Å². The molecular weight excluding hydrogens is 150 g/mol. The van der Waals surface area contributed by atoms with Gasteiger partial charge in [-0.25, -0.2) is 5.43 Å². The fraction of sp³-hybridized carbons (Fsp3) is 0.800. The van der Waals surface area contributed by atoms with Gasteiger partial charge in [-0.3, -0.25) is 5.32 Å². The van der Waals surface area contributed by atoms with E-state index in [1.54, 1.807) is 11.9 Å². The van der Waals surface area contributed by atoms with Crippen molar-refractivity contribution in [1.82, 2.24) is 15.2 Å². The first-order valence-electron chi connectivity index (χ1n) is 3.37. The highest BCUT2D eigenvalue weighted by Crippen LogP contribution is 2.21. The van der Waals surface area contributed by atoms with Crippen molar-refractivity contribution in [2.45, 2.75) is 0 Å². The molecular formula is C5H10N3OS. The minimum Gasteiger partial charge on any atom is -0.339 e. The molecule has 2 N–H and O–H groups in total. The lowest BCUT2D eigenvalue weighted by atomic mass is 10.7. The zero-order valence-electron chi connectivity index (χ0n) is 5.59. The third kappa shape index (κ3) is 1.28. The summed E-state index contributed by atoms with van der Waals surface area (Å²) in [5.41, 5.74) is 3.17. The van der Waals surface area contributed by atoms with Crippen LogP contribution < -0.4 is 10.7 Å². The van der Waals surface area contributed by atoms with Gasteiger partial charge in [-0.15, -0.1) is 4.41 Å². The number of nitrogens with one attached hydrogen (secondary N) is 2. The van der Waals surface area contributed by atoms with Crippen molar-refractivity contribution in [3.05, 3.63) is 6.35 Å². The first-order valence-corrected chi connectivity index (χ1v) is 4.31. The lowest BCUT2D eigenvalue weighted by molar-refractivity contribution is 0.104. The van der Waals surface area contributed by atoms with E-state index in [1.807, 2.05) is 4.41 Å². The molecule has 5 heteroatoms. The van der Waals surface area contributed by atoms with E-state index in [0.29, 0.717) is 0 Å². The van der Waals surface area contributed by atoms with Crippen molar-refractivity contribution < 1.29 is 4.74 Å². The second-order valence-electron chi connectivity index (χ2n) is 2.12. The molecule has 0 aromatic carbocycles. The molecule has 2 fully saturated rings. The Labute approximate surface area is 64.4 Å². The van der Waals surface area contributed by atoms with E-state index < -0.39 is 0 Å². The Morgan fingerprint density at radius 2 is 2.50 bits per heavy atom. The van der Waals surface area contributed by atoms with Crippen LogP contribution in [0.15, 0.2) is 0 Å². The number of nitrogens with zero attached hydrogens (tertiary/aromatic N) is 1. The lowest BCUT2D eigenvalue weighted by Gasteiger charge is -2.17. The van der Waals surface area contributed by atoms with Crippen LogP contribution in [0.3, 0.4) is 0 Å². The Morgan fingerprint density at radius 1 is 1.50 bits per heavy atom. The second kappa shape index (κ2) is 3.06. The Balaban J connectivity index is 1.85. The molecule has 2 heterocycles. The smallest absolute Gasteiger partial charge is 0.261 e. The highest BCUT2D eigenvalue weighted by atomic mass is 32.2. The predicted octanol–water partition coefficient (Wildman–Crippen LogP) is -0.478. The summed E-state index contributed by atoms with van der Waals surface area (Å²) >= 11 is 1.74. The van der Waals surface area contributed by atoms with Crippen LogP contribution in [0.4, 0.5) is 0 Å². The van der Waals surface area contributed by atoms with Crippen molar-refractivity contribution in [3.8, 4) is 0 Å². The molecule has 0 unspecified atom stereocenters. The van der Waals surface area contributed by atoms with Gasteiger partial charge in [0.25, 0.3) is 6.35 Å². The zero-order chi connectivity index (χ0) is 6.81. The van der Waals surface area contributed by atoms with Gasteiger partial charge >= 0.3 is 0 Å². The van der Waals surface area contributed by atoms with E-state index in [4.69, 9.17) is 4.74 Å². The molecule has 0 aromatic heterocycles. The maximum Gasteiger partial charge on any atom is 0.261 e. The topological polar surface area (TPSA) is 36.5 Å². The van der Waals surface area contributed by atoms with Crippen LogP contribution in [0.5, 0.6) is 0 Å². The van der Waals surface area contributed by atoms with E-state index in [-0.39, 0.29) is 0 Å². The summed E-state index contributed by atoms with van der Waals surface area (Å²) in [5.74, 6) is 1.12. The highest BCUT2D eigenvalue weighted by molar-refractivity contribution is 7.97. The van der Waals surface area contributed by atoms with Crippen LogP contribution >= 0.6 is 11.9 Å². The maximum atomic E-state index is 5.28. The minimum absolute atomic E-state index is 0.786. The van der Waals surface area contributed by atoms with Crippen LogP contribution in [0.1, 0.15) is 0 Å². The van der Waals surface area contributed by atoms with Crippen molar-refractivity contribution in [2.24, 2.45) is 0 Å². The summed E-state index contributed by atoms with van der Waals surface area (Å²) in [6, 6.07) is 0. The average molecular weight is 160 g/mol. The van der Waals surface area contributed by atoms with Gasteiger partial charge in [-0.05, 0) is 0 Å². The molecule has 2 aliphatic heterocycles. The highest BCUT2D eigenvalue weighted by Gasteiger charge is 2.27. The van der Waals surface area contributed by atoms with Gasteiger partial charge in [0.05, 0.1) is 6.61 Å². The van der Waals surface area contributed by atoms with E-state index in [0.717, 1.165) is 31.8 Å². The Bertz CT molecular complexity index is 97.5. The lowest BCUT2D eigenvalue weighted by Crippen LogP contribution is -2.36. The van der Waals surface area contributed by atoms with Gasteiger partial charge in [0.15, 0.2) is 0 Å². The normalized spacial score (nSPS) is 30.0. The molecule has 0 saturated carbocycles. The Hall–Kier alpha value is 0.190. The maximum absolute atomic E-state index is 5.28. The van der Waals surface area contributed by atoms with E-state index in [9.17, 15) is 0 Å². The average Bonchev–Trinajstić information content (AvgIpc) is 2.59. The number of hydrogen-bond acceptors (Lipinski definition) is 5. The Morgan fingerprint density at radius 3 is 3.10 bits per heavy atom. The largest absolute Gasteiger partial charge is 0.339 e. The molecule has 10 heavy (non-hydrogen) atoms. The van der Waals surface area contributed by atoms with E-state index >= 15 is 0 Å². The summed E-state index contributed by atoms with van der Waals surface area (Å²) in [6.07, 6.45) is 0.863. The summed E-state index contributed by atoms with van der Waals surface area (Å²) < 4.78 is 7.24. The molecule has 0 spiro atoms. The van der Waals surface area contributed by atoms with Crippen molar-refractivity contribution >= 4 is 11.9 Å². The summed E-state index contributed by atoms with van der Waals surface area (Å²) in [4.78, 5) is 0. The van der Waals surface area contributed by atoms with Crippen LogP contribution in [-0.4, -0.2) is 29.9 Å². The van der Waals surface area contributed by atoms with Crippen LogP contribution in [0.25, 0.3) is 0 Å². The van der Waals surface area contributed by atoms with Crippen LogP contribution in [0.2, 0.25) is 0 Å². The fourth-order valence-electron chi connectivity index (χ4n) is 0.947. The quantitative estimate of drug-likeness (QED) is 0.507. The first kappa shape index (κ1) is 6.87. The first-order chi connectivity index (χ1) is 4.97. The number of hydrogen-bond donors (Lipinski definition) is 2. The second-order valence-corrected chi connectivity index (χ2v) is 3.15. The van der Waals surface area contributed by atoms with Gasteiger partial charge in [-0.2, -0.15) is 0 Å². The summed E-state index contributed by atoms with van der Waals surface area (Å²) in [7, 11) is 0. The molecule has 2 saturated heterocycles. The molecule has 4 nitrogen and oxygen atoms in total. The summed E-state index contributed by atoms with van der Waals surface area (Å²) in [5, 5.41) is 3.14. The molecule has 0 atom stereocenters. The van der Waals surface area contributed by atoms with Gasteiger partial charge in [0.2, 0.25) is 0 Å². The molecule has 57 valence electrons. The molecule has 1 radical (unpaired) electrons. The van der Waals surface area contributed by atoms with Gasteiger partial charge < -0.3 is 4.74 Å². The van der Waals surface area contributed by atoms with E-state index in [1.165, 1.54) is 0 Å². The number of hydrazine groups is 1. The fourth-order valence-corrected chi connectivity index (χ4v) is 1.73. The van der Waals surface area contributed by atoms with Crippen molar-refractivity contribution in [2.75, 3.05) is 25.4 Å². The zero-order valence-corrected chi connectivity index (χ0v) is 6.41. The van der Waals surface area contributed by atoms with E-state index in [2.05, 4.69) is 10.7 Å². The monoisotopic (exact) mass is 160 g/mol. The molecule has 0 bridgehead atoms. The third-order valence-electron chi connectivity index (χ3n) is 1.38. The van der Waals surface area contributed by atoms with Gasteiger partial charge in [0.1, 0.15) is 0 Å². The molecule has 0 amide bonds. The number of rotatable bonds is 1. The van der Waals surface area contributed by atoms with Gasteiger partial charge in [0, 0.05) is 18.8 Å². The van der Waals surface area contributed by atoms with Crippen molar-refractivity contribution in [3.63, 3.8) is 0 Å². The third-order valence-corrected chi connectivity index (χ3v) is 2.32. The minimum atomic E-state index is 0.786. The van der Waals surface area contributed by atoms with Crippen molar-refractivity contribution in [1.29, 1.82) is 0 Å². The van der Waals surface area contributed by atoms with Crippen LogP contribution in [-0.2, 0) is 4.74 Å². The molecule has 2 rings (SSSR count). The molecule has 0 aliphatic carbocycles. The predicted molar refractivity (Wildman–Crippen MR) is 39.5 cm³/mol. The Kier molecular flexibility index (Phi) is 2.10. The standard InChI is InChI=1S/C5H10N3OS/c1-3-9-5(6-1)8-7-2-4-10-8/h6-7H,1-4H2. The SMILES string of the molecule is C1CO[C](N2NCCS2)N1. The molecule has 0 aromatic rings. The summed E-state index contributed by atoms with van der Waals surface area (Å²) in [6.45, 7) is 2.74.